The van der Waals surface area contributed by atoms with Crippen molar-refractivity contribution in [3.8, 4) is 0 Å². The highest BCUT2D eigenvalue weighted by molar-refractivity contribution is 5.80. The van der Waals surface area contributed by atoms with Crippen molar-refractivity contribution >= 4 is 10.9 Å². The summed E-state index contributed by atoms with van der Waals surface area (Å²) in [5.41, 5.74) is 2.73. The Hall–Kier alpha value is -2.10. The second-order valence-electron chi connectivity index (χ2n) is 7.14. The zero-order valence-corrected chi connectivity index (χ0v) is 15.0. The second kappa shape index (κ2) is 7.42. The fourth-order valence-electron chi connectivity index (χ4n) is 3.89. The Morgan fingerprint density at radius 3 is 2.36 bits per heavy atom. The van der Waals surface area contributed by atoms with Gasteiger partial charge in [-0.1, -0.05) is 48.5 Å². The van der Waals surface area contributed by atoms with Crippen molar-refractivity contribution < 1.29 is 0 Å². The summed E-state index contributed by atoms with van der Waals surface area (Å²) in [6, 6.07) is 22.3. The van der Waals surface area contributed by atoms with Crippen LogP contribution in [0.1, 0.15) is 18.0 Å². The van der Waals surface area contributed by atoms with E-state index in [0.29, 0.717) is 6.04 Å². The fraction of sp³-hybridized carbons (Fsp3) is 0.364. The Bertz CT molecular complexity index is 800. The molecular formula is C22H27N3. The lowest BCUT2D eigenvalue weighted by Crippen LogP contribution is -2.45. The minimum Gasteiger partial charge on any atom is -0.340 e. The number of nitrogens with zero attached hydrogens (tertiary/aromatic N) is 3. The first-order valence-electron chi connectivity index (χ1n) is 9.33. The van der Waals surface area contributed by atoms with Crippen LogP contribution in [-0.2, 0) is 0 Å². The summed E-state index contributed by atoms with van der Waals surface area (Å²) < 4.78 is 2.46. The van der Waals surface area contributed by atoms with E-state index in [-0.39, 0.29) is 0 Å². The van der Waals surface area contributed by atoms with Gasteiger partial charge in [-0.15, -0.1) is 0 Å². The van der Waals surface area contributed by atoms with Crippen molar-refractivity contribution in [3.63, 3.8) is 0 Å². The third-order valence-corrected chi connectivity index (χ3v) is 5.46. The molecule has 3 aromatic rings. The molecule has 1 saturated heterocycles. The van der Waals surface area contributed by atoms with Gasteiger partial charge in [-0.25, -0.2) is 0 Å². The summed E-state index contributed by atoms with van der Waals surface area (Å²) in [7, 11) is 2.22. The van der Waals surface area contributed by atoms with Crippen molar-refractivity contribution in [2.75, 3.05) is 39.8 Å². The molecule has 0 spiro atoms. The molecule has 1 aliphatic heterocycles. The van der Waals surface area contributed by atoms with Crippen LogP contribution in [0.2, 0.25) is 0 Å². The molecule has 25 heavy (non-hydrogen) atoms. The molecule has 130 valence electrons. The molecule has 0 saturated carbocycles. The maximum absolute atomic E-state index is 2.61. The van der Waals surface area contributed by atoms with Crippen LogP contribution >= 0.6 is 0 Å². The predicted octanol–water partition coefficient (Wildman–Crippen LogP) is 3.87. The van der Waals surface area contributed by atoms with E-state index in [1.54, 1.807) is 0 Å². The summed E-state index contributed by atoms with van der Waals surface area (Å²) >= 11 is 0. The number of para-hydroxylation sites is 1. The van der Waals surface area contributed by atoms with Gasteiger partial charge in [0.15, 0.2) is 0 Å². The van der Waals surface area contributed by atoms with Gasteiger partial charge in [0, 0.05) is 44.4 Å². The lowest BCUT2D eigenvalue weighted by atomic mass is 10.0. The number of piperazine rings is 1. The molecule has 0 amide bonds. The summed E-state index contributed by atoms with van der Waals surface area (Å²) in [6.07, 6.45) is 3.40. The van der Waals surface area contributed by atoms with E-state index in [1.165, 1.54) is 42.6 Å². The van der Waals surface area contributed by atoms with Crippen LogP contribution < -0.4 is 0 Å². The van der Waals surface area contributed by atoms with E-state index in [0.717, 1.165) is 13.0 Å². The van der Waals surface area contributed by atoms with E-state index in [2.05, 4.69) is 88.3 Å². The smallest absolute Gasteiger partial charge is 0.0598 e. The van der Waals surface area contributed by atoms with Crippen LogP contribution in [0.15, 0.2) is 66.9 Å². The lowest BCUT2D eigenvalue weighted by molar-refractivity contribution is 0.149. The van der Waals surface area contributed by atoms with Gasteiger partial charge in [0.1, 0.15) is 0 Å². The molecule has 3 nitrogen and oxygen atoms in total. The van der Waals surface area contributed by atoms with Crippen LogP contribution in [0.25, 0.3) is 10.9 Å². The SMILES string of the molecule is CN1CCN(CCC(c2ccccc2)n2ccc3ccccc32)CC1. The van der Waals surface area contributed by atoms with Gasteiger partial charge in [0.25, 0.3) is 0 Å². The van der Waals surface area contributed by atoms with E-state index in [4.69, 9.17) is 0 Å². The van der Waals surface area contributed by atoms with E-state index >= 15 is 0 Å². The molecule has 1 aliphatic rings. The molecular weight excluding hydrogens is 306 g/mol. The second-order valence-corrected chi connectivity index (χ2v) is 7.14. The Balaban J connectivity index is 1.59. The fourth-order valence-corrected chi connectivity index (χ4v) is 3.89. The summed E-state index contributed by atoms with van der Waals surface area (Å²) in [6.45, 7) is 5.89. The molecule has 2 heterocycles. The van der Waals surface area contributed by atoms with Gasteiger partial charge in [0.05, 0.1) is 6.04 Å². The third kappa shape index (κ3) is 3.63. The van der Waals surface area contributed by atoms with Crippen LogP contribution in [-0.4, -0.2) is 54.1 Å². The minimum atomic E-state index is 0.390. The summed E-state index contributed by atoms with van der Waals surface area (Å²) in [4.78, 5) is 5.03. The average Bonchev–Trinajstić information content (AvgIpc) is 3.08. The number of fused-ring (bicyclic) bond motifs is 1. The molecule has 1 aromatic heterocycles. The van der Waals surface area contributed by atoms with E-state index < -0.39 is 0 Å². The van der Waals surface area contributed by atoms with Gasteiger partial charge in [-0.2, -0.15) is 0 Å². The van der Waals surface area contributed by atoms with E-state index in [1.807, 2.05) is 0 Å². The van der Waals surface area contributed by atoms with Gasteiger partial charge < -0.3 is 14.4 Å². The molecule has 0 N–H and O–H groups in total. The normalized spacial score (nSPS) is 17.8. The highest BCUT2D eigenvalue weighted by Crippen LogP contribution is 2.28. The van der Waals surface area contributed by atoms with Gasteiger partial charge in [0.2, 0.25) is 0 Å². The maximum Gasteiger partial charge on any atom is 0.0598 e. The van der Waals surface area contributed by atoms with Crippen molar-refractivity contribution in [1.82, 2.24) is 14.4 Å². The molecule has 1 unspecified atom stereocenters. The number of hydrogen-bond acceptors (Lipinski definition) is 2. The van der Waals surface area contributed by atoms with Crippen molar-refractivity contribution in [3.05, 3.63) is 72.4 Å². The number of aromatic nitrogens is 1. The molecule has 0 radical (unpaired) electrons. The third-order valence-electron chi connectivity index (χ3n) is 5.46. The van der Waals surface area contributed by atoms with Gasteiger partial charge in [-0.05, 0) is 36.6 Å². The molecule has 0 aliphatic carbocycles. The van der Waals surface area contributed by atoms with Crippen molar-refractivity contribution in [2.45, 2.75) is 12.5 Å². The summed E-state index contributed by atoms with van der Waals surface area (Å²) in [5, 5.41) is 1.32. The van der Waals surface area contributed by atoms with Crippen LogP contribution in [0.5, 0.6) is 0 Å². The Kier molecular flexibility index (Phi) is 4.86. The lowest BCUT2D eigenvalue weighted by Gasteiger charge is -2.33. The van der Waals surface area contributed by atoms with Gasteiger partial charge in [-0.3, -0.25) is 0 Å². The first kappa shape index (κ1) is 16.4. The van der Waals surface area contributed by atoms with Crippen molar-refractivity contribution in [2.24, 2.45) is 0 Å². The van der Waals surface area contributed by atoms with Gasteiger partial charge >= 0.3 is 0 Å². The van der Waals surface area contributed by atoms with Crippen LogP contribution in [0, 0.1) is 0 Å². The highest BCUT2D eigenvalue weighted by atomic mass is 15.2. The zero-order chi connectivity index (χ0) is 17.1. The zero-order valence-electron chi connectivity index (χ0n) is 15.0. The standard InChI is InChI=1S/C22H27N3/c1-23-15-17-24(18-16-23)13-12-22(19-7-3-2-4-8-19)25-14-11-20-9-5-6-10-21(20)25/h2-11,14,22H,12-13,15-18H2,1H3. The molecule has 1 fully saturated rings. The Morgan fingerprint density at radius 2 is 1.56 bits per heavy atom. The minimum absolute atomic E-state index is 0.390. The Morgan fingerprint density at radius 1 is 0.840 bits per heavy atom. The maximum atomic E-state index is 2.61. The monoisotopic (exact) mass is 333 g/mol. The first-order chi connectivity index (χ1) is 12.3. The number of rotatable bonds is 5. The molecule has 3 heteroatoms. The molecule has 4 rings (SSSR count). The molecule has 0 bridgehead atoms. The topological polar surface area (TPSA) is 11.4 Å². The average molecular weight is 333 g/mol. The van der Waals surface area contributed by atoms with Crippen LogP contribution in [0.4, 0.5) is 0 Å². The number of likely N-dealkylation sites (N-methyl/N-ethyl adjacent to an activating group) is 1. The highest BCUT2D eigenvalue weighted by Gasteiger charge is 2.19. The van der Waals surface area contributed by atoms with Crippen molar-refractivity contribution in [1.29, 1.82) is 0 Å². The molecule has 1 atom stereocenters. The quantitative estimate of drug-likeness (QED) is 0.702. The van der Waals surface area contributed by atoms with E-state index in [9.17, 15) is 0 Å². The summed E-state index contributed by atoms with van der Waals surface area (Å²) in [5.74, 6) is 0. The van der Waals surface area contributed by atoms with Crippen LogP contribution in [0.3, 0.4) is 0 Å². The molecule has 2 aromatic carbocycles. The Labute approximate surface area is 150 Å². The number of hydrogen-bond donors (Lipinski definition) is 0. The predicted molar refractivity (Wildman–Crippen MR) is 105 cm³/mol. The first-order valence-corrected chi connectivity index (χ1v) is 9.33. The number of benzene rings is 2. The largest absolute Gasteiger partial charge is 0.340 e.